The van der Waals surface area contributed by atoms with Crippen LogP contribution >= 0.6 is 34.7 Å². The van der Waals surface area contributed by atoms with E-state index in [4.69, 9.17) is 23.2 Å². The topological polar surface area (TPSA) is 37.8 Å². The van der Waals surface area contributed by atoms with E-state index in [0.29, 0.717) is 16.6 Å². The minimum Gasteiger partial charge on any atom is -0.378 e. The van der Waals surface area contributed by atoms with E-state index >= 15 is 0 Å². The molecule has 3 nitrogen and oxygen atoms in total. The van der Waals surface area contributed by atoms with E-state index in [2.05, 4.69) is 14.9 Å². The number of halogens is 2. The highest BCUT2D eigenvalue weighted by atomic mass is 35.5. The van der Waals surface area contributed by atoms with Crippen molar-refractivity contribution in [2.45, 2.75) is 6.54 Å². The molecule has 78 valence electrons. The van der Waals surface area contributed by atoms with Gasteiger partial charge in [-0.05, 0) is 29.7 Å². The molecule has 0 saturated carbocycles. The van der Waals surface area contributed by atoms with E-state index in [1.165, 1.54) is 11.5 Å². The van der Waals surface area contributed by atoms with Crippen LogP contribution in [0.25, 0.3) is 0 Å². The fourth-order valence-corrected chi connectivity index (χ4v) is 1.89. The minimum absolute atomic E-state index is 0.594. The molecule has 0 aliphatic heterocycles. The third-order valence-electron chi connectivity index (χ3n) is 1.79. The molecule has 0 amide bonds. The first-order chi connectivity index (χ1) is 7.25. The number of aromatic nitrogens is 2. The molecule has 6 heteroatoms. The molecule has 0 saturated heterocycles. The van der Waals surface area contributed by atoms with Gasteiger partial charge >= 0.3 is 0 Å². The summed E-state index contributed by atoms with van der Waals surface area (Å²) in [5, 5.41) is 10.2. The monoisotopic (exact) mass is 259 g/mol. The third-order valence-corrected chi connectivity index (χ3v) is 2.91. The van der Waals surface area contributed by atoms with Crippen LogP contribution in [-0.4, -0.2) is 9.59 Å². The molecule has 1 N–H and O–H groups in total. The van der Waals surface area contributed by atoms with Crippen LogP contribution in [0, 0.1) is 0 Å². The van der Waals surface area contributed by atoms with E-state index in [1.807, 2.05) is 5.38 Å². The van der Waals surface area contributed by atoms with Crippen molar-refractivity contribution in [3.05, 3.63) is 39.3 Å². The van der Waals surface area contributed by atoms with Gasteiger partial charge in [-0.15, -0.1) is 5.10 Å². The summed E-state index contributed by atoms with van der Waals surface area (Å²) in [5.74, 6) is 0. The first kappa shape index (κ1) is 10.7. The molecular weight excluding hydrogens is 253 g/mol. The molecule has 2 aromatic rings. The van der Waals surface area contributed by atoms with Crippen LogP contribution in [0.3, 0.4) is 0 Å². The smallest absolute Gasteiger partial charge is 0.0946 e. The van der Waals surface area contributed by atoms with Crippen molar-refractivity contribution in [3.8, 4) is 0 Å². The Labute approximate surface area is 101 Å². The van der Waals surface area contributed by atoms with Gasteiger partial charge in [0.25, 0.3) is 0 Å². The molecule has 1 aromatic heterocycles. The summed E-state index contributed by atoms with van der Waals surface area (Å²) < 4.78 is 3.77. The fourth-order valence-electron chi connectivity index (χ4n) is 1.08. The summed E-state index contributed by atoms with van der Waals surface area (Å²) in [7, 11) is 0. The molecule has 0 bridgehead atoms. The molecule has 0 atom stereocenters. The lowest BCUT2D eigenvalue weighted by Crippen LogP contribution is -2.00. The summed E-state index contributed by atoms with van der Waals surface area (Å²) in [5.41, 5.74) is 1.69. The van der Waals surface area contributed by atoms with Crippen molar-refractivity contribution in [1.29, 1.82) is 0 Å². The van der Waals surface area contributed by atoms with Crippen LogP contribution in [0.4, 0.5) is 5.69 Å². The summed E-state index contributed by atoms with van der Waals surface area (Å²) >= 11 is 13.2. The van der Waals surface area contributed by atoms with Gasteiger partial charge in [0.2, 0.25) is 0 Å². The summed E-state index contributed by atoms with van der Waals surface area (Å²) in [6, 6.07) is 5.29. The van der Waals surface area contributed by atoms with Gasteiger partial charge in [-0.2, -0.15) is 0 Å². The SMILES string of the molecule is Clc1ccc(Cl)c(NCc2csnn2)c1. The minimum atomic E-state index is 0.594. The maximum Gasteiger partial charge on any atom is 0.0946 e. The highest BCUT2D eigenvalue weighted by Crippen LogP contribution is 2.25. The van der Waals surface area contributed by atoms with Crippen molar-refractivity contribution in [3.63, 3.8) is 0 Å². The quantitative estimate of drug-likeness (QED) is 0.918. The van der Waals surface area contributed by atoms with Crippen LogP contribution in [0.1, 0.15) is 5.69 Å². The van der Waals surface area contributed by atoms with Gasteiger partial charge in [0.05, 0.1) is 22.9 Å². The lowest BCUT2D eigenvalue weighted by molar-refractivity contribution is 0.999. The van der Waals surface area contributed by atoms with Crippen molar-refractivity contribution >= 4 is 40.4 Å². The fraction of sp³-hybridized carbons (Fsp3) is 0.111. The maximum atomic E-state index is 5.98. The normalized spacial score (nSPS) is 10.3. The Morgan fingerprint density at radius 2 is 2.20 bits per heavy atom. The zero-order valence-electron chi connectivity index (χ0n) is 7.58. The average Bonchev–Trinajstić information content (AvgIpc) is 2.72. The largest absolute Gasteiger partial charge is 0.378 e. The Morgan fingerprint density at radius 3 is 2.93 bits per heavy atom. The third kappa shape index (κ3) is 2.81. The number of hydrogen-bond donors (Lipinski definition) is 1. The second kappa shape index (κ2) is 4.79. The van der Waals surface area contributed by atoms with Crippen molar-refractivity contribution in [1.82, 2.24) is 9.59 Å². The van der Waals surface area contributed by atoms with E-state index < -0.39 is 0 Å². The number of nitrogens with one attached hydrogen (secondary N) is 1. The molecule has 0 aliphatic rings. The highest BCUT2D eigenvalue weighted by molar-refractivity contribution is 7.03. The molecule has 0 fully saturated rings. The maximum absolute atomic E-state index is 5.98. The van der Waals surface area contributed by atoms with Crippen molar-refractivity contribution < 1.29 is 0 Å². The molecule has 0 unspecified atom stereocenters. The van der Waals surface area contributed by atoms with Crippen LogP contribution in [0.5, 0.6) is 0 Å². The first-order valence-electron chi connectivity index (χ1n) is 4.20. The van der Waals surface area contributed by atoms with Crippen LogP contribution < -0.4 is 5.32 Å². The summed E-state index contributed by atoms with van der Waals surface area (Å²) in [6.45, 7) is 0.594. The van der Waals surface area contributed by atoms with Gasteiger partial charge in [-0.1, -0.05) is 27.7 Å². The van der Waals surface area contributed by atoms with Crippen molar-refractivity contribution in [2.75, 3.05) is 5.32 Å². The Hall–Kier alpha value is -0.840. The molecule has 15 heavy (non-hydrogen) atoms. The number of nitrogens with zero attached hydrogens (tertiary/aromatic N) is 2. The Kier molecular flexibility index (Phi) is 3.41. The van der Waals surface area contributed by atoms with Crippen LogP contribution in [0.2, 0.25) is 10.0 Å². The lowest BCUT2D eigenvalue weighted by Gasteiger charge is -2.06. The van der Waals surface area contributed by atoms with Gasteiger partial charge in [0, 0.05) is 10.4 Å². The molecular formula is C9H7Cl2N3S. The van der Waals surface area contributed by atoms with Gasteiger partial charge in [-0.25, -0.2) is 0 Å². The predicted octanol–water partition coefficient (Wildman–Crippen LogP) is 3.46. The standard InChI is InChI=1S/C9H7Cl2N3S/c10-6-1-2-8(11)9(3-6)12-4-7-5-15-14-13-7/h1-3,5,12H,4H2. The van der Waals surface area contributed by atoms with Gasteiger partial charge in [0.15, 0.2) is 0 Å². The lowest BCUT2D eigenvalue weighted by atomic mass is 10.3. The Bertz CT molecular complexity index is 445. The van der Waals surface area contributed by atoms with Crippen LogP contribution in [0.15, 0.2) is 23.6 Å². The number of anilines is 1. The van der Waals surface area contributed by atoms with Crippen LogP contribution in [-0.2, 0) is 6.54 Å². The second-order valence-corrected chi connectivity index (χ2v) is 4.33. The number of benzene rings is 1. The molecule has 1 heterocycles. The predicted molar refractivity (Wildman–Crippen MR) is 63.7 cm³/mol. The van der Waals surface area contributed by atoms with Gasteiger partial charge < -0.3 is 5.32 Å². The van der Waals surface area contributed by atoms with Gasteiger partial charge in [-0.3, -0.25) is 0 Å². The zero-order chi connectivity index (χ0) is 10.7. The number of rotatable bonds is 3. The average molecular weight is 260 g/mol. The zero-order valence-corrected chi connectivity index (χ0v) is 9.90. The molecule has 0 radical (unpaired) electrons. The Morgan fingerprint density at radius 1 is 1.33 bits per heavy atom. The second-order valence-electron chi connectivity index (χ2n) is 2.87. The van der Waals surface area contributed by atoms with E-state index in [9.17, 15) is 0 Å². The summed E-state index contributed by atoms with van der Waals surface area (Å²) in [6.07, 6.45) is 0. The molecule has 0 spiro atoms. The van der Waals surface area contributed by atoms with E-state index in [1.54, 1.807) is 18.2 Å². The molecule has 1 aromatic carbocycles. The van der Waals surface area contributed by atoms with Crippen molar-refractivity contribution in [2.24, 2.45) is 0 Å². The van der Waals surface area contributed by atoms with Gasteiger partial charge in [0.1, 0.15) is 0 Å². The molecule has 2 rings (SSSR count). The molecule has 0 aliphatic carbocycles. The van der Waals surface area contributed by atoms with E-state index in [0.717, 1.165) is 11.4 Å². The van der Waals surface area contributed by atoms with E-state index in [-0.39, 0.29) is 0 Å². The Balaban J connectivity index is 2.07. The first-order valence-corrected chi connectivity index (χ1v) is 5.80. The highest BCUT2D eigenvalue weighted by Gasteiger charge is 2.02. The summed E-state index contributed by atoms with van der Waals surface area (Å²) in [4.78, 5) is 0. The number of hydrogen-bond acceptors (Lipinski definition) is 4.